The molecule has 17 heavy (non-hydrogen) atoms. The van der Waals surface area contributed by atoms with E-state index in [1.165, 1.54) is 0 Å². The van der Waals surface area contributed by atoms with Crippen molar-refractivity contribution in [3.63, 3.8) is 0 Å². The molecular formula is C13H18Cl2O2. The molecule has 0 aliphatic rings. The molecule has 2 nitrogen and oxygen atoms in total. The number of rotatable bonds is 5. The third-order valence-corrected chi connectivity index (χ3v) is 4.15. The maximum atomic E-state index is 9.54. The zero-order valence-corrected chi connectivity index (χ0v) is 11.6. The summed E-state index contributed by atoms with van der Waals surface area (Å²) in [5.74, 6) is 0.129. The van der Waals surface area contributed by atoms with Crippen LogP contribution in [0.2, 0.25) is 10.0 Å². The molecule has 1 aromatic rings. The summed E-state index contributed by atoms with van der Waals surface area (Å²) in [6.45, 7) is 3.75. The number of aliphatic hydroxyl groups is 2. The van der Waals surface area contributed by atoms with Crippen molar-refractivity contribution in [2.24, 2.45) is 11.3 Å². The van der Waals surface area contributed by atoms with Gasteiger partial charge in [-0.3, -0.25) is 0 Å². The first-order valence-electron chi connectivity index (χ1n) is 5.61. The van der Waals surface area contributed by atoms with Crippen LogP contribution in [0.15, 0.2) is 18.2 Å². The summed E-state index contributed by atoms with van der Waals surface area (Å²) >= 11 is 12.2. The van der Waals surface area contributed by atoms with Crippen molar-refractivity contribution >= 4 is 23.2 Å². The van der Waals surface area contributed by atoms with Crippen molar-refractivity contribution < 1.29 is 10.2 Å². The second-order valence-electron chi connectivity index (χ2n) is 4.71. The first kappa shape index (κ1) is 14.8. The molecule has 0 amide bonds. The summed E-state index contributed by atoms with van der Waals surface area (Å²) in [6, 6.07) is 5.31. The van der Waals surface area contributed by atoms with Gasteiger partial charge in [-0.1, -0.05) is 43.1 Å². The highest BCUT2D eigenvalue weighted by Gasteiger charge is 2.34. The highest BCUT2D eigenvalue weighted by molar-refractivity contribution is 6.36. The fourth-order valence-corrected chi connectivity index (χ4v) is 2.32. The van der Waals surface area contributed by atoms with E-state index >= 15 is 0 Å². The second kappa shape index (κ2) is 6.05. The molecule has 0 saturated heterocycles. The van der Waals surface area contributed by atoms with Gasteiger partial charge in [0.25, 0.3) is 0 Å². The van der Waals surface area contributed by atoms with Gasteiger partial charge < -0.3 is 10.2 Å². The van der Waals surface area contributed by atoms with Crippen molar-refractivity contribution in [2.45, 2.75) is 20.3 Å². The fourth-order valence-electron chi connectivity index (χ4n) is 1.78. The van der Waals surface area contributed by atoms with E-state index in [1.54, 1.807) is 18.2 Å². The van der Waals surface area contributed by atoms with Crippen LogP contribution < -0.4 is 0 Å². The average Bonchev–Trinajstić information content (AvgIpc) is 2.29. The molecule has 2 N–H and O–H groups in total. The Morgan fingerprint density at radius 2 is 1.59 bits per heavy atom. The van der Waals surface area contributed by atoms with Crippen LogP contribution >= 0.6 is 23.2 Å². The number of halogens is 2. The first-order valence-corrected chi connectivity index (χ1v) is 6.37. The van der Waals surface area contributed by atoms with Gasteiger partial charge in [0.15, 0.2) is 0 Å². The second-order valence-corrected chi connectivity index (χ2v) is 5.52. The molecule has 0 spiro atoms. The Balaban J connectivity index is 3.10. The molecule has 0 unspecified atom stereocenters. The smallest absolute Gasteiger partial charge is 0.0515 e. The average molecular weight is 277 g/mol. The van der Waals surface area contributed by atoms with E-state index in [9.17, 15) is 10.2 Å². The molecule has 1 aromatic carbocycles. The van der Waals surface area contributed by atoms with Gasteiger partial charge in [-0.15, -0.1) is 0 Å². The Hall–Kier alpha value is -0.280. The Bertz CT molecular complexity index is 353. The van der Waals surface area contributed by atoms with Crippen molar-refractivity contribution in [3.8, 4) is 0 Å². The van der Waals surface area contributed by atoms with Gasteiger partial charge in [0.05, 0.1) is 13.2 Å². The molecule has 4 heteroatoms. The van der Waals surface area contributed by atoms with Crippen molar-refractivity contribution in [2.75, 3.05) is 13.2 Å². The van der Waals surface area contributed by atoms with E-state index in [0.29, 0.717) is 16.5 Å². The molecular weight excluding hydrogens is 259 g/mol. The largest absolute Gasteiger partial charge is 0.396 e. The van der Waals surface area contributed by atoms with Gasteiger partial charge in [-0.25, -0.2) is 0 Å². The molecule has 96 valence electrons. The van der Waals surface area contributed by atoms with Crippen LogP contribution in [-0.2, 0) is 6.42 Å². The Kier molecular flexibility index (Phi) is 5.26. The van der Waals surface area contributed by atoms with Crippen LogP contribution in [0.5, 0.6) is 0 Å². The fraction of sp³-hybridized carbons (Fsp3) is 0.538. The van der Waals surface area contributed by atoms with E-state index in [1.807, 2.05) is 13.8 Å². The number of hydrogen-bond acceptors (Lipinski definition) is 2. The lowest BCUT2D eigenvalue weighted by Crippen LogP contribution is -2.37. The van der Waals surface area contributed by atoms with E-state index in [-0.39, 0.29) is 19.1 Å². The Morgan fingerprint density at radius 1 is 1.12 bits per heavy atom. The SMILES string of the molecule is CC(C)C(CO)(CO)Cc1c(Cl)cccc1Cl. The highest BCUT2D eigenvalue weighted by Crippen LogP contribution is 2.36. The third kappa shape index (κ3) is 3.14. The predicted molar refractivity (Wildman–Crippen MR) is 71.6 cm³/mol. The van der Waals surface area contributed by atoms with Gasteiger partial charge >= 0.3 is 0 Å². The van der Waals surface area contributed by atoms with Crippen LogP contribution in [0.3, 0.4) is 0 Å². The lowest BCUT2D eigenvalue weighted by Gasteiger charge is -2.34. The molecule has 0 heterocycles. The van der Waals surface area contributed by atoms with Crippen molar-refractivity contribution in [1.29, 1.82) is 0 Å². The summed E-state index contributed by atoms with van der Waals surface area (Å²) < 4.78 is 0. The zero-order valence-electron chi connectivity index (χ0n) is 10.1. The maximum Gasteiger partial charge on any atom is 0.0515 e. The first-order chi connectivity index (χ1) is 7.96. The predicted octanol–water partition coefficient (Wildman–Crippen LogP) is 3.16. The number of benzene rings is 1. The molecule has 0 radical (unpaired) electrons. The molecule has 0 aliphatic heterocycles. The quantitative estimate of drug-likeness (QED) is 0.868. The summed E-state index contributed by atoms with van der Waals surface area (Å²) in [7, 11) is 0. The van der Waals surface area contributed by atoms with Gasteiger partial charge in [-0.2, -0.15) is 0 Å². The minimum atomic E-state index is -0.589. The van der Waals surface area contributed by atoms with E-state index in [2.05, 4.69) is 0 Å². The van der Waals surface area contributed by atoms with E-state index < -0.39 is 5.41 Å². The zero-order chi connectivity index (χ0) is 13.1. The highest BCUT2D eigenvalue weighted by atomic mass is 35.5. The van der Waals surface area contributed by atoms with Gasteiger partial charge in [-0.05, 0) is 30.0 Å². The lowest BCUT2D eigenvalue weighted by atomic mass is 9.74. The molecule has 0 aliphatic carbocycles. The van der Waals surface area contributed by atoms with Crippen molar-refractivity contribution in [3.05, 3.63) is 33.8 Å². The lowest BCUT2D eigenvalue weighted by molar-refractivity contribution is 0.0163. The molecule has 0 saturated carbocycles. The molecule has 0 bridgehead atoms. The maximum absolute atomic E-state index is 9.54. The van der Waals surface area contributed by atoms with Crippen LogP contribution in [-0.4, -0.2) is 23.4 Å². The van der Waals surface area contributed by atoms with Crippen LogP contribution in [0, 0.1) is 11.3 Å². The van der Waals surface area contributed by atoms with Gasteiger partial charge in [0, 0.05) is 15.5 Å². The van der Waals surface area contributed by atoms with Crippen molar-refractivity contribution in [1.82, 2.24) is 0 Å². The summed E-state index contributed by atoms with van der Waals surface area (Å²) in [5.41, 5.74) is 0.196. The normalized spacial score (nSPS) is 12.2. The Morgan fingerprint density at radius 3 is 1.94 bits per heavy atom. The molecule has 0 fully saturated rings. The minimum Gasteiger partial charge on any atom is -0.396 e. The van der Waals surface area contributed by atoms with Gasteiger partial charge in [0.2, 0.25) is 0 Å². The molecule has 0 aromatic heterocycles. The third-order valence-electron chi connectivity index (χ3n) is 3.45. The summed E-state index contributed by atoms with van der Waals surface area (Å²) in [4.78, 5) is 0. The van der Waals surface area contributed by atoms with Crippen LogP contribution in [0.4, 0.5) is 0 Å². The number of hydrogen-bond donors (Lipinski definition) is 2. The molecule has 0 atom stereocenters. The number of aliphatic hydroxyl groups excluding tert-OH is 2. The van der Waals surface area contributed by atoms with E-state index in [4.69, 9.17) is 23.2 Å². The monoisotopic (exact) mass is 276 g/mol. The Labute approximate surface area is 112 Å². The standard InChI is InChI=1S/C13H18Cl2O2/c1-9(2)13(7-16,8-17)6-10-11(14)4-3-5-12(10)15/h3-5,9,16-17H,6-8H2,1-2H3. The van der Waals surface area contributed by atoms with Crippen LogP contribution in [0.1, 0.15) is 19.4 Å². The molecule has 1 rings (SSSR count). The van der Waals surface area contributed by atoms with E-state index in [0.717, 1.165) is 5.56 Å². The van der Waals surface area contributed by atoms with Gasteiger partial charge in [0.1, 0.15) is 0 Å². The minimum absolute atomic E-state index is 0.0945. The van der Waals surface area contributed by atoms with Crippen LogP contribution in [0.25, 0.3) is 0 Å². The topological polar surface area (TPSA) is 40.5 Å². The summed E-state index contributed by atoms with van der Waals surface area (Å²) in [5, 5.41) is 20.2. The summed E-state index contributed by atoms with van der Waals surface area (Å²) in [6.07, 6.45) is 0.468.